The van der Waals surface area contributed by atoms with Crippen LogP contribution in [0.4, 0.5) is 5.82 Å². The summed E-state index contributed by atoms with van der Waals surface area (Å²) in [6, 6.07) is 15.9. The number of halogens is 1. The number of fused-ring (bicyclic) bond motifs is 1. The van der Waals surface area contributed by atoms with Crippen LogP contribution >= 0.6 is 11.6 Å². The van der Waals surface area contributed by atoms with Crippen molar-refractivity contribution in [2.75, 3.05) is 12.4 Å². The number of carbonyl (C=O) groups excluding carboxylic acids is 1. The highest BCUT2D eigenvalue weighted by Gasteiger charge is 2.20. The largest absolute Gasteiger partial charge is 0.465 e. The van der Waals surface area contributed by atoms with Crippen LogP contribution in [0.3, 0.4) is 0 Å². The minimum atomic E-state index is -0.472. The van der Waals surface area contributed by atoms with E-state index in [1.54, 1.807) is 12.1 Å². The topological polar surface area (TPSA) is 64.1 Å². The van der Waals surface area contributed by atoms with Crippen LogP contribution in [0.2, 0.25) is 5.02 Å². The summed E-state index contributed by atoms with van der Waals surface area (Å²) in [5.41, 5.74) is 4.55. The number of ether oxygens (including phenoxy) is 1. The number of carbonyl (C=O) groups is 1. The average Bonchev–Trinajstić information content (AvgIpc) is 2.73. The molecule has 0 bridgehead atoms. The van der Waals surface area contributed by atoms with E-state index in [1.807, 2.05) is 19.1 Å². The fourth-order valence-corrected chi connectivity index (χ4v) is 4.02. The van der Waals surface area contributed by atoms with Gasteiger partial charge in [-0.2, -0.15) is 0 Å². The van der Waals surface area contributed by atoms with Gasteiger partial charge in [0.1, 0.15) is 11.6 Å². The second kappa shape index (κ2) is 8.21. The van der Waals surface area contributed by atoms with Crippen LogP contribution in [0.15, 0.2) is 48.5 Å². The number of hydrogen-bond acceptors (Lipinski definition) is 5. The molecular formula is C23H22ClN3O2. The summed E-state index contributed by atoms with van der Waals surface area (Å²) in [4.78, 5) is 21.1. The number of rotatable bonds is 4. The van der Waals surface area contributed by atoms with Crippen LogP contribution in [0.5, 0.6) is 0 Å². The van der Waals surface area contributed by atoms with Gasteiger partial charge >= 0.3 is 5.97 Å². The average molecular weight is 408 g/mol. The molecule has 1 aliphatic carbocycles. The predicted octanol–water partition coefficient (Wildman–Crippen LogP) is 5.38. The lowest BCUT2D eigenvalue weighted by Crippen LogP contribution is -2.18. The first-order valence-electron chi connectivity index (χ1n) is 9.63. The van der Waals surface area contributed by atoms with Crippen molar-refractivity contribution in [1.82, 2.24) is 9.97 Å². The summed E-state index contributed by atoms with van der Waals surface area (Å²) in [5, 5.41) is 3.93. The summed E-state index contributed by atoms with van der Waals surface area (Å²) >= 11 is 6.15. The molecule has 2 aromatic carbocycles. The Bertz CT molecular complexity index is 1070. The van der Waals surface area contributed by atoms with E-state index >= 15 is 0 Å². The van der Waals surface area contributed by atoms with Crippen molar-refractivity contribution in [3.8, 4) is 11.3 Å². The standard InChI is InChI=1S/C23H22ClN3O2/c1-14-25-21(16-10-11-19(24)18(12-16)23(28)29-2)13-22(26-14)27-20-9-5-7-15-6-3-4-8-17(15)20/h3-4,6,8,10-13,20H,5,7,9H2,1-2H3,(H,25,26,27). The molecule has 5 nitrogen and oxygen atoms in total. The van der Waals surface area contributed by atoms with Crippen LogP contribution in [-0.2, 0) is 11.2 Å². The van der Waals surface area contributed by atoms with Gasteiger partial charge in [-0.15, -0.1) is 0 Å². The molecule has 1 unspecified atom stereocenters. The molecule has 0 amide bonds. The number of aryl methyl sites for hydroxylation is 2. The fraction of sp³-hybridized carbons (Fsp3) is 0.261. The normalized spacial score (nSPS) is 15.5. The first-order chi connectivity index (χ1) is 14.0. The molecule has 1 aromatic heterocycles. The Kier molecular flexibility index (Phi) is 5.49. The third-order valence-corrected chi connectivity index (χ3v) is 5.53. The summed E-state index contributed by atoms with van der Waals surface area (Å²) in [6.07, 6.45) is 3.32. The molecule has 0 saturated heterocycles. The first kappa shape index (κ1) is 19.4. The van der Waals surface area contributed by atoms with Crippen LogP contribution in [0.1, 0.15) is 46.2 Å². The molecule has 148 valence electrons. The van der Waals surface area contributed by atoms with Gasteiger partial charge in [-0.05, 0) is 49.4 Å². The van der Waals surface area contributed by atoms with Crippen molar-refractivity contribution in [3.05, 3.63) is 76.1 Å². The predicted molar refractivity (Wildman–Crippen MR) is 114 cm³/mol. The highest BCUT2D eigenvalue weighted by atomic mass is 35.5. The Balaban J connectivity index is 1.67. The Hall–Kier alpha value is -2.92. The van der Waals surface area contributed by atoms with Crippen molar-refractivity contribution >= 4 is 23.4 Å². The van der Waals surface area contributed by atoms with Crippen LogP contribution in [-0.4, -0.2) is 23.0 Å². The number of nitrogens with one attached hydrogen (secondary N) is 1. The second-order valence-electron chi connectivity index (χ2n) is 7.16. The lowest BCUT2D eigenvalue weighted by atomic mass is 9.88. The molecule has 1 heterocycles. The lowest BCUT2D eigenvalue weighted by Gasteiger charge is -2.27. The molecule has 0 saturated carbocycles. The Morgan fingerprint density at radius 2 is 2.00 bits per heavy atom. The Morgan fingerprint density at radius 3 is 2.83 bits per heavy atom. The van der Waals surface area contributed by atoms with Crippen molar-refractivity contribution in [2.45, 2.75) is 32.2 Å². The van der Waals surface area contributed by atoms with Crippen molar-refractivity contribution in [2.24, 2.45) is 0 Å². The van der Waals surface area contributed by atoms with Gasteiger partial charge in [-0.3, -0.25) is 0 Å². The van der Waals surface area contributed by atoms with Gasteiger partial charge in [-0.1, -0.05) is 41.9 Å². The van der Waals surface area contributed by atoms with Crippen molar-refractivity contribution < 1.29 is 9.53 Å². The van der Waals surface area contributed by atoms with Gasteiger partial charge in [0.15, 0.2) is 0 Å². The molecule has 0 aliphatic heterocycles. The van der Waals surface area contributed by atoms with Crippen LogP contribution in [0, 0.1) is 6.92 Å². The highest BCUT2D eigenvalue weighted by Crippen LogP contribution is 2.33. The smallest absolute Gasteiger partial charge is 0.339 e. The number of methoxy groups -OCH3 is 1. The lowest BCUT2D eigenvalue weighted by molar-refractivity contribution is 0.0601. The van der Waals surface area contributed by atoms with Gasteiger partial charge in [-0.25, -0.2) is 14.8 Å². The molecule has 1 atom stereocenters. The Labute approximate surface area is 175 Å². The molecule has 1 aliphatic rings. The molecule has 6 heteroatoms. The quantitative estimate of drug-likeness (QED) is 0.588. The summed E-state index contributed by atoms with van der Waals surface area (Å²) in [5.74, 6) is 0.951. The van der Waals surface area contributed by atoms with E-state index in [4.69, 9.17) is 16.3 Å². The van der Waals surface area contributed by atoms with E-state index in [0.29, 0.717) is 16.4 Å². The molecular weight excluding hydrogens is 386 g/mol. The molecule has 4 rings (SSSR count). The second-order valence-corrected chi connectivity index (χ2v) is 7.57. The first-order valence-corrected chi connectivity index (χ1v) is 10.0. The van der Waals surface area contributed by atoms with E-state index in [2.05, 4.69) is 39.6 Å². The molecule has 0 spiro atoms. The van der Waals surface area contributed by atoms with Gasteiger partial charge in [0.2, 0.25) is 0 Å². The van der Waals surface area contributed by atoms with Crippen LogP contribution in [0.25, 0.3) is 11.3 Å². The Morgan fingerprint density at radius 1 is 1.17 bits per heavy atom. The number of nitrogens with zero attached hydrogens (tertiary/aromatic N) is 2. The number of aromatic nitrogens is 2. The maximum Gasteiger partial charge on any atom is 0.339 e. The van der Waals surface area contributed by atoms with Gasteiger partial charge in [0.05, 0.1) is 29.4 Å². The van der Waals surface area contributed by atoms with Crippen molar-refractivity contribution in [1.29, 1.82) is 0 Å². The monoisotopic (exact) mass is 407 g/mol. The minimum Gasteiger partial charge on any atom is -0.465 e. The zero-order valence-electron chi connectivity index (χ0n) is 16.4. The molecule has 0 radical (unpaired) electrons. The number of anilines is 1. The number of hydrogen-bond donors (Lipinski definition) is 1. The third-order valence-electron chi connectivity index (χ3n) is 5.20. The van der Waals surface area contributed by atoms with Gasteiger partial charge < -0.3 is 10.1 Å². The van der Waals surface area contributed by atoms with E-state index in [-0.39, 0.29) is 6.04 Å². The molecule has 1 N–H and O–H groups in total. The number of benzene rings is 2. The van der Waals surface area contributed by atoms with E-state index in [0.717, 1.165) is 36.3 Å². The summed E-state index contributed by atoms with van der Waals surface area (Å²) in [6.45, 7) is 1.86. The number of esters is 1. The third kappa shape index (κ3) is 4.10. The maximum absolute atomic E-state index is 12.0. The minimum absolute atomic E-state index is 0.220. The molecule has 3 aromatic rings. The maximum atomic E-state index is 12.0. The van der Waals surface area contributed by atoms with E-state index in [1.165, 1.54) is 18.2 Å². The van der Waals surface area contributed by atoms with Gasteiger partial charge in [0.25, 0.3) is 0 Å². The SMILES string of the molecule is COC(=O)c1cc(-c2cc(NC3CCCc4ccccc43)nc(C)n2)ccc1Cl. The fourth-order valence-electron chi connectivity index (χ4n) is 3.82. The molecule has 0 fully saturated rings. The highest BCUT2D eigenvalue weighted by molar-refractivity contribution is 6.33. The van der Waals surface area contributed by atoms with E-state index < -0.39 is 5.97 Å². The van der Waals surface area contributed by atoms with E-state index in [9.17, 15) is 4.79 Å². The summed E-state index contributed by atoms with van der Waals surface area (Å²) in [7, 11) is 1.34. The van der Waals surface area contributed by atoms with Crippen LogP contribution < -0.4 is 5.32 Å². The molecule has 29 heavy (non-hydrogen) atoms. The van der Waals surface area contributed by atoms with Crippen molar-refractivity contribution in [3.63, 3.8) is 0 Å². The summed E-state index contributed by atoms with van der Waals surface area (Å²) < 4.78 is 4.82. The zero-order chi connectivity index (χ0) is 20.4. The van der Waals surface area contributed by atoms with Gasteiger partial charge in [0, 0.05) is 11.6 Å². The zero-order valence-corrected chi connectivity index (χ0v) is 17.2.